The Morgan fingerprint density at radius 3 is 2.67 bits per heavy atom. The van der Waals surface area contributed by atoms with Gasteiger partial charge >= 0.3 is 5.97 Å². The van der Waals surface area contributed by atoms with Crippen LogP contribution in [0.25, 0.3) is 0 Å². The van der Waals surface area contributed by atoms with E-state index >= 15 is 0 Å². The molecule has 4 nitrogen and oxygen atoms in total. The molecule has 1 aromatic heterocycles. The maximum Gasteiger partial charge on any atom is 0.349 e. The molecule has 0 aliphatic rings. The third-order valence-corrected chi connectivity index (χ3v) is 3.88. The Kier molecular flexibility index (Phi) is 4.75. The average Bonchev–Trinajstić information content (AvgIpc) is 2.97. The SMILES string of the molecule is Cc1ccc(C)c(NC(=O)C(C)OC(=O)c2cccs2)c1. The molecular formula is C16H17NO3S. The summed E-state index contributed by atoms with van der Waals surface area (Å²) in [7, 11) is 0. The first-order valence-electron chi connectivity index (χ1n) is 6.60. The number of amides is 1. The fourth-order valence-corrected chi connectivity index (χ4v) is 2.38. The summed E-state index contributed by atoms with van der Waals surface area (Å²) >= 11 is 1.29. The Bertz CT molecular complexity index is 650. The number of hydrogen-bond donors (Lipinski definition) is 1. The van der Waals surface area contributed by atoms with Crippen LogP contribution in [-0.4, -0.2) is 18.0 Å². The molecule has 1 N–H and O–H groups in total. The fourth-order valence-electron chi connectivity index (χ4n) is 1.77. The number of esters is 1. The first kappa shape index (κ1) is 15.3. The molecular weight excluding hydrogens is 286 g/mol. The van der Waals surface area contributed by atoms with Crippen molar-refractivity contribution >= 4 is 28.9 Å². The highest BCUT2D eigenvalue weighted by Crippen LogP contribution is 2.17. The number of carbonyl (C=O) groups is 2. The Labute approximate surface area is 127 Å². The van der Waals surface area contributed by atoms with Gasteiger partial charge < -0.3 is 10.1 Å². The highest BCUT2D eigenvalue weighted by Gasteiger charge is 2.20. The Balaban J connectivity index is 1.99. The van der Waals surface area contributed by atoms with Gasteiger partial charge in [-0.3, -0.25) is 4.79 Å². The normalized spacial score (nSPS) is 11.8. The van der Waals surface area contributed by atoms with Crippen molar-refractivity contribution in [2.75, 3.05) is 5.32 Å². The number of benzene rings is 1. The molecule has 21 heavy (non-hydrogen) atoms. The summed E-state index contributed by atoms with van der Waals surface area (Å²) in [5.41, 5.74) is 2.75. The van der Waals surface area contributed by atoms with E-state index in [0.717, 1.165) is 16.8 Å². The van der Waals surface area contributed by atoms with Crippen molar-refractivity contribution in [2.45, 2.75) is 26.9 Å². The monoisotopic (exact) mass is 303 g/mol. The molecule has 5 heteroatoms. The third kappa shape index (κ3) is 3.92. The van der Waals surface area contributed by atoms with Crippen molar-refractivity contribution in [1.82, 2.24) is 0 Å². The lowest BCUT2D eigenvalue weighted by Crippen LogP contribution is -2.30. The molecule has 0 fully saturated rings. The number of hydrogen-bond acceptors (Lipinski definition) is 4. The standard InChI is InChI=1S/C16H17NO3S/c1-10-6-7-11(2)13(9-10)17-15(18)12(3)20-16(19)14-5-4-8-21-14/h4-9,12H,1-3H3,(H,17,18). The molecule has 1 heterocycles. The van der Waals surface area contributed by atoms with E-state index < -0.39 is 12.1 Å². The van der Waals surface area contributed by atoms with Gasteiger partial charge in [0.25, 0.3) is 5.91 Å². The van der Waals surface area contributed by atoms with E-state index in [1.807, 2.05) is 32.0 Å². The van der Waals surface area contributed by atoms with Crippen LogP contribution < -0.4 is 5.32 Å². The number of ether oxygens (including phenoxy) is 1. The molecule has 0 spiro atoms. The maximum absolute atomic E-state index is 12.1. The van der Waals surface area contributed by atoms with Crippen LogP contribution in [0.2, 0.25) is 0 Å². The molecule has 0 saturated heterocycles. The Morgan fingerprint density at radius 2 is 2.00 bits per heavy atom. The largest absolute Gasteiger partial charge is 0.448 e. The van der Waals surface area contributed by atoms with Crippen LogP contribution >= 0.6 is 11.3 Å². The van der Waals surface area contributed by atoms with Crippen LogP contribution in [0.3, 0.4) is 0 Å². The van der Waals surface area contributed by atoms with Crippen molar-refractivity contribution in [3.8, 4) is 0 Å². The lowest BCUT2D eigenvalue weighted by Gasteiger charge is -2.14. The predicted octanol–water partition coefficient (Wildman–Crippen LogP) is 3.55. The van der Waals surface area contributed by atoms with Crippen LogP contribution in [0.1, 0.15) is 27.7 Å². The first-order chi connectivity index (χ1) is 9.97. The van der Waals surface area contributed by atoms with Crippen molar-refractivity contribution in [3.63, 3.8) is 0 Å². The van der Waals surface area contributed by atoms with Crippen LogP contribution in [0, 0.1) is 13.8 Å². The van der Waals surface area contributed by atoms with Gasteiger partial charge in [0.05, 0.1) is 0 Å². The van der Waals surface area contributed by atoms with E-state index in [0.29, 0.717) is 4.88 Å². The molecule has 0 aliphatic carbocycles. The van der Waals surface area contributed by atoms with E-state index in [4.69, 9.17) is 4.74 Å². The summed E-state index contributed by atoms with van der Waals surface area (Å²) in [6.07, 6.45) is -0.848. The lowest BCUT2D eigenvalue weighted by molar-refractivity contribution is -0.123. The fraction of sp³-hybridized carbons (Fsp3) is 0.250. The van der Waals surface area contributed by atoms with E-state index in [9.17, 15) is 9.59 Å². The second-order valence-electron chi connectivity index (χ2n) is 4.83. The molecule has 0 aliphatic heterocycles. The summed E-state index contributed by atoms with van der Waals surface area (Å²) in [6, 6.07) is 9.24. The molecule has 1 amide bonds. The van der Waals surface area contributed by atoms with Crippen molar-refractivity contribution in [1.29, 1.82) is 0 Å². The number of nitrogens with one attached hydrogen (secondary N) is 1. The van der Waals surface area contributed by atoms with Gasteiger partial charge in [0.15, 0.2) is 6.10 Å². The van der Waals surface area contributed by atoms with E-state index in [1.54, 1.807) is 24.4 Å². The number of thiophene rings is 1. The van der Waals surface area contributed by atoms with Crippen LogP contribution in [0.15, 0.2) is 35.7 Å². The lowest BCUT2D eigenvalue weighted by atomic mass is 10.1. The summed E-state index contributed by atoms with van der Waals surface area (Å²) in [5.74, 6) is -0.817. The van der Waals surface area contributed by atoms with Gasteiger partial charge in [-0.25, -0.2) is 4.79 Å². The molecule has 0 radical (unpaired) electrons. The quantitative estimate of drug-likeness (QED) is 0.879. The molecule has 1 atom stereocenters. The average molecular weight is 303 g/mol. The van der Waals surface area contributed by atoms with Gasteiger partial charge in [0.2, 0.25) is 0 Å². The molecule has 0 bridgehead atoms. The number of anilines is 1. The summed E-state index contributed by atoms with van der Waals surface area (Å²) in [5, 5.41) is 4.58. The number of carbonyl (C=O) groups excluding carboxylic acids is 2. The van der Waals surface area contributed by atoms with E-state index in [-0.39, 0.29) is 5.91 Å². The summed E-state index contributed by atoms with van der Waals surface area (Å²) in [6.45, 7) is 5.43. The summed E-state index contributed by atoms with van der Waals surface area (Å²) in [4.78, 5) is 24.4. The molecule has 1 aromatic carbocycles. The van der Waals surface area contributed by atoms with Gasteiger partial charge in [-0.2, -0.15) is 0 Å². The topological polar surface area (TPSA) is 55.4 Å². The Hall–Kier alpha value is -2.14. The van der Waals surface area contributed by atoms with Gasteiger partial charge in [-0.05, 0) is 49.4 Å². The van der Waals surface area contributed by atoms with Gasteiger partial charge in [0, 0.05) is 5.69 Å². The second kappa shape index (κ2) is 6.54. The molecule has 1 unspecified atom stereocenters. The minimum absolute atomic E-state index is 0.339. The zero-order valence-electron chi connectivity index (χ0n) is 12.2. The maximum atomic E-state index is 12.1. The van der Waals surface area contributed by atoms with Crippen molar-refractivity contribution < 1.29 is 14.3 Å². The van der Waals surface area contributed by atoms with Crippen LogP contribution in [-0.2, 0) is 9.53 Å². The highest BCUT2D eigenvalue weighted by molar-refractivity contribution is 7.11. The zero-order valence-corrected chi connectivity index (χ0v) is 13.0. The minimum Gasteiger partial charge on any atom is -0.448 e. The van der Waals surface area contributed by atoms with Crippen LogP contribution in [0.4, 0.5) is 5.69 Å². The molecule has 2 aromatic rings. The van der Waals surface area contributed by atoms with Crippen LogP contribution in [0.5, 0.6) is 0 Å². The molecule has 2 rings (SSSR count). The van der Waals surface area contributed by atoms with Gasteiger partial charge in [-0.15, -0.1) is 11.3 Å². The second-order valence-corrected chi connectivity index (χ2v) is 5.78. The first-order valence-corrected chi connectivity index (χ1v) is 7.48. The molecule has 0 saturated carbocycles. The van der Waals surface area contributed by atoms with E-state index in [1.165, 1.54) is 11.3 Å². The smallest absolute Gasteiger partial charge is 0.349 e. The molecule has 110 valence electrons. The summed E-state index contributed by atoms with van der Waals surface area (Å²) < 4.78 is 5.16. The van der Waals surface area contributed by atoms with Crippen molar-refractivity contribution in [3.05, 3.63) is 51.7 Å². The Morgan fingerprint density at radius 1 is 1.24 bits per heavy atom. The van der Waals surface area contributed by atoms with Crippen molar-refractivity contribution in [2.24, 2.45) is 0 Å². The van der Waals surface area contributed by atoms with Gasteiger partial charge in [0.1, 0.15) is 4.88 Å². The number of rotatable bonds is 4. The van der Waals surface area contributed by atoms with E-state index in [2.05, 4.69) is 5.32 Å². The zero-order chi connectivity index (χ0) is 15.4. The number of aryl methyl sites for hydroxylation is 2. The van der Waals surface area contributed by atoms with Gasteiger partial charge in [-0.1, -0.05) is 18.2 Å². The highest BCUT2D eigenvalue weighted by atomic mass is 32.1. The predicted molar refractivity (Wildman–Crippen MR) is 83.7 cm³/mol. The third-order valence-electron chi connectivity index (χ3n) is 3.03. The minimum atomic E-state index is -0.848.